The highest BCUT2D eigenvalue weighted by Gasteiger charge is 2.24. The van der Waals surface area contributed by atoms with Gasteiger partial charge in [0.25, 0.3) is 11.8 Å². The minimum atomic E-state index is -0.221. The predicted molar refractivity (Wildman–Crippen MR) is 121 cm³/mol. The van der Waals surface area contributed by atoms with Crippen LogP contribution in [0.15, 0.2) is 60.7 Å². The summed E-state index contributed by atoms with van der Waals surface area (Å²) in [5.74, 6) is -0.559. The van der Waals surface area contributed by atoms with Crippen molar-refractivity contribution in [2.24, 2.45) is 0 Å². The van der Waals surface area contributed by atoms with Gasteiger partial charge in [-0.2, -0.15) is 0 Å². The first kappa shape index (κ1) is 20.6. The summed E-state index contributed by atoms with van der Waals surface area (Å²) in [6.07, 6.45) is 2.18. The van der Waals surface area contributed by atoms with Gasteiger partial charge in [-0.15, -0.1) is 0 Å². The molecule has 1 aliphatic rings. The highest BCUT2D eigenvalue weighted by molar-refractivity contribution is 6.00. The number of hydrogen-bond acceptors (Lipinski definition) is 3. The molecule has 3 N–H and O–H groups in total. The van der Waals surface area contributed by atoms with Crippen LogP contribution in [-0.2, 0) is 4.79 Å². The number of fused-ring (bicyclic) bond motifs is 1. The minimum absolute atomic E-state index is 0.124. The Hall–Kier alpha value is -3.67. The van der Waals surface area contributed by atoms with Crippen LogP contribution < -0.4 is 16.0 Å². The molecule has 31 heavy (non-hydrogen) atoms. The lowest BCUT2D eigenvalue weighted by molar-refractivity contribution is -0.116. The third kappa shape index (κ3) is 5.28. The quantitative estimate of drug-likeness (QED) is 0.549. The summed E-state index contributed by atoms with van der Waals surface area (Å²) in [4.78, 5) is 37.0. The number of anilines is 1. The number of rotatable bonds is 7. The maximum atomic E-state index is 12.4. The van der Waals surface area contributed by atoms with E-state index in [2.05, 4.69) is 16.0 Å². The lowest BCUT2D eigenvalue weighted by Gasteiger charge is -2.11. The summed E-state index contributed by atoms with van der Waals surface area (Å²) >= 11 is 0. The molecule has 0 unspecified atom stereocenters. The molecule has 6 heteroatoms. The van der Waals surface area contributed by atoms with Gasteiger partial charge >= 0.3 is 0 Å². The number of nitrogens with one attached hydrogen (secondary N) is 3. The summed E-state index contributed by atoms with van der Waals surface area (Å²) in [5.41, 5.74) is 2.56. The van der Waals surface area contributed by atoms with Gasteiger partial charge in [0.2, 0.25) is 5.91 Å². The topological polar surface area (TPSA) is 87.3 Å². The van der Waals surface area contributed by atoms with Crippen LogP contribution in [0.1, 0.15) is 45.5 Å². The molecule has 0 saturated heterocycles. The number of benzene rings is 3. The standard InChI is InChI=1S/C25H25N3O3/c1-16-6-7-20(25(31)27-21-10-11-21)15-22(16)28-23(29)12-13-26-24(30)19-9-8-17-4-2-3-5-18(17)14-19/h2-9,14-15,21H,10-13H2,1H3,(H,26,30)(H,27,31)(H,28,29). The van der Waals surface area contributed by atoms with Gasteiger partial charge in [-0.1, -0.05) is 36.4 Å². The Morgan fingerprint density at radius 1 is 0.871 bits per heavy atom. The number of carbonyl (C=O) groups excluding carboxylic acids is 3. The van der Waals surface area contributed by atoms with Crippen molar-refractivity contribution in [3.63, 3.8) is 0 Å². The number of aryl methyl sites for hydroxylation is 1. The number of hydrogen-bond donors (Lipinski definition) is 3. The second kappa shape index (κ2) is 9.00. The fourth-order valence-corrected chi connectivity index (χ4v) is 3.33. The molecule has 1 aliphatic carbocycles. The first-order chi connectivity index (χ1) is 15.0. The van der Waals surface area contributed by atoms with Crippen molar-refractivity contribution in [2.75, 3.05) is 11.9 Å². The van der Waals surface area contributed by atoms with Crippen LogP contribution in [0.2, 0.25) is 0 Å². The molecule has 0 spiro atoms. The average Bonchev–Trinajstić information content (AvgIpc) is 3.58. The zero-order valence-corrected chi connectivity index (χ0v) is 17.4. The van der Waals surface area contributed by atoms with Crippen LogP contribution in [0.4, 0.5) is 5.69 Å². The second-order valence-electron chi connectivity index (χ2n) is 7.89. The smallest absolute Gasteiger partial charge is 0.251 e. The summed E-state index contributed by atoms with van der Waals surface area (Å²) in [7, 11) is 0. The van der Waals surface area contributed by atoms with E-state index in [1.165, 1.54) is 0 Å². The first-order valence-electron chi connectivity index (χ1n) is 10.5. The summed E-state index contributed by atoms with van der Waals surface area (Å²) in [6.45, 7) is 2.10. The Balaban J connectivity index is 1.30. The molecule has 0 atom stereocenters. The molecule has 3 aromatic carbocycles. The van der Waals surface area contributed by atoms with Gasteiger partial charge < -0.3 is 16.0 Å². The minimum Gasteiger partial charge on any atom is -0.352 e. The van der Waals surface area contributed by atoms with Gasteiger partial charge in [0.1, 0.15) is 0 Å². The first-order valence-corrected chi connectivity index (χ1v) is 10.5. The van der Waals surface area contributed by atoms with Crippen molar-refractivity contribution in [3.8, 4) is 0 Å². The van der Waals surface area contributed by atoms with Crippen LogP contribution in [-0.4, -0.2) is 30.3 Å². The van der Waals surface area contributed by atoms with Crippen molar-refractivity contribution >= 4 is 34.2 Å². The SMILES string of the molecule is Cc1ccc(C(=O)NC2CC2)cc1NC(=O)CCNC(=O)c1ccc2ccccc2c1. The molecule has 4 rings (SSSR count). The van der Waals surface area contributed by atoms with Gasteiger partial charge in [0.05, 0.1) is 0 Å². The Kier molecular flexibility index (Phi) is 5.98. The molecule has 0 radical (unpaired) electrons. The van der Waals surface area contributed by atoms with E-state index >= 15 is 0 Å². The van der Waals surface area contributed by atoms with Crippen LogP contribution in [0, 0.1) is 6.92 Å². The summed E-state index contributed by atoms with van der Waals surface area (Å²) in [5, 5.41) is 10.6. The predicted octanol–water partition coefficient (Wildman–Crippen LogP) is 3.80. The lowest BCUT2D eigenvalue weighted by atomic mass is 10.1. The van der Waals surface area contributed by atoms with E-state index < -0.39 is 0 Å². The van der Waals surface area contributed by atoms with E-state index in [9.17, 15) is 14.4 Å². The van der Waals surface area contributed by atoms with E-state index in [1.54, 1.807) is 18.2 Å². The highest BCUT2D eigenvalue weighted by atomic mass is 16.2. The monoisotopic (exact) mass is 415 g/mol. The maximum absolute atomic E-state index is 12.4. The fraction of sp³-hybridized carbons (Fsp3) is 0.240. The lowest BCUT2D eigenvalue weighted by Crippen LogP contribution is -2.28. The van der Waals surface area contributed by atoms with Crippen LogP contribution in [0.3, 0.4) is 0 Å². The Morgan fingerprint density at radius 2 is 1.58 bits per heavy atom. The zero-order valence-electron chi connectivity index (χ0n) is 17.4. The molecule has 0 aromatic heterocycles. The molecule has 158 valence electrons. The van der Waals surface area contributed by atoms with Gasteiger partial charge in [-0.25, -0.2) is 0 Å². The Bertz CT molecular complexity index is 1150. The zero-order chi connectivity index (χ0) is 21.8. The molecule has 1 fully saturated rings. The highest BCUT2D eigenvalue weighted by Crippen LogP contribution is 2.21. The van der Waals surface area contributed by atoms with Gasteiger partial charge in [-0.05, 0) is 60.4 Å². The van der Waals surface area contributed by atoms with E-state index in [4.69, 9.17) is 0 Å². The third-order valence-electron chi connectivity index (χ3n) is 5.34. The van der Waals surface area contributed by atoms with Crippen molar-refractivity contribution < 1.29 is 14.4 Å². The van der Waals surface area contributed by atoms with E-state index in [-0.39, 0.29) is 36.7 Å². The Morgan fingerprint density at radius 3 is 2.35 bits per heavy atom. The third-order valence-corrected chi connectivity index (χ3v) is 5.34. The molecule has 0 aliphatic heterocycles. The van der Waals surface area contributed by atoms with Crippen molar-refractivity contribution in [1.82, 2.24) is 10.6 Å². The Labute approximate surface area is 181 Å². The molecule has 0 bridgehead atoms. The average molecular weight is 415 g/mol. The largest absolute Gasteiger partial charge is 0.352 e. The number of carbonyl (C=O) groups is 3. The van der Waals surface area contributed by atoms with Crippen LogP contribution in [0.25, 0.3) is 10.8 Å². The van der Waals surface area contributed by atoms with Gasteiger partial charge in [0, 0.05) is 35.8 Å². The molecular weight excluding hydrogens is 390 g/mol. The van der Waals surface area contributed by atoms with E-state index in [1.807, 2.05) is 49.4 Å². The maximum Gasteiger partial charge on any atom is 0.251 e. The number of amides is 3. The normalized spacial score (nSPS) is 12.9. The van der Waals surface area contributed by atoms with Gasteiger partial charge in [0.15, 0.2) is 0 Å². The van der Waals surface area contributed by atoms with Crippen LogP contribution in [0.5, 0.6) is 0 Å². The molecule has 0 heterocycles. The van der Waals surface area contributed by atoms with E-state index in [0.29, 0.717) is 16.8 Å². The van der Waals surface area contributed by atoms with Crippen molar-refractivity contribution in [1.29, 1.82) is 0 Å². The summed E-state index contributed by atoms with van der Waals surface area (Å²) in [6, 6.07) is 18.9. The van der Waals surface area contributed by atoms with Crippen molar-refractivity contribution in [2.45, 2.75) is 32.2 Å². The second-order valence-corrected chi connectivity index (χ2v) is 7.89. The fourth-order valence-electron chi connectivity index (χ4n) is 3.33. The van der Waals surface area contributed by atoms with Crippen molar-refractivity contribution in [3.05, 3.63) is 77.4 Å². The van der Waals surface area contributed by atoms with Crippen LogP contribution >= 0.6 is 0 Å². The van der Waals surface area contributed by atoms with E-state index in [0.717, 1.165) is 29.2 Å². The molecule has 3 aromatic rings. The summed E-state index contributed by atoms with van der Waals surface area (Å²) < 4.78 is 0. The van der Waals surface area contributed by atoms with Gasteiger partial charge in [-0.3, -0.25) is 14.4 Å². The molecule has 6 nitrogen and oxygen atoms in total. The molecular formula is C25H25N3O3. The molecule has 1 saturated carbocycles. The molecule has 3 amide bonds.